The van der Waals surface area contributed by atoms with E-state index >= 15 is 0 Å². The molecule has 1 aromatic carbocycles. The Labute approximate surface area is 185 Å². The van der Waals surface area contributed by atoms with Gasteiger partial charge in [-0.25, -0.2) is 9.59 Å². The van der Waals surface area contributed by atoms with Crippen molar-refractivity contribution in [3.05, 3.63) is 40.8 Å². The molecule has 1 atom stereocenters. The molecule has 1 heterocycles. The third-order valence-corrected chi connectivity index (χ3v) is 4.58. The maximum Gasteiger partial charge on any atom is 0.411 e. The zero-order chi connectivity index (χ0) is 23.0. The summed E-state index contributed by atoms with van der Waals surface area (Å²) in [6.45, 7) is 9.00. The molecule has 0 fully saturated rings. The highest BCUT2D eigenvalue weighted by Gasteiger charge is 2.27. The first-order chi connectivity index (χ1) is 14.5. The number of hydrogen-bond donors (Lipinski definition) is 3. The highest BCUT2D eigenvalue weighted by atomic mass is 32.1. The molecule has 0 bridgehead atoms. The Balaban J connectivity index is 1.95. The van der Waals surface area contributed by atoms with Gasteiger partial charge in [0.1, 0.15) is 18.2 Å². The predicted octanol–water partition coefficient (Wildman–Crippen LogP) is 4.38. The molecule has 0 aliphatic carbocycles. The fourth-order valence-electron chi connectivity index (χ4n) is 2.47. The number of ether oxygens (including phenoxy) is 2. The minimum absolute atomic E-state index is 0.124. The SMILES string of the molecule is CC(C)[C@H](NC(=O)OC(C)(C)C)C(=O)Nc1cccc(NC(=O)OCc2cncs2)c1. The molecule has 0 aliphatic heterocycles. The van der Waals surface area contributed by atoms with Gasteiger partial charge in [-0.1, -0.05) is 19.9 Å². The first-order valence-electron chi connectivity index (χ1n) is 9.75. The third-order valence-electron chi connectivity index (χ3n) is 3.83. The molecule has 0 radical (unpaired) electrons. The van der Waals surface area contributed by atoms with Gasteiger partial charge in [0.2, 0.25) is 5.91 Å². The van der Waals surface area contributed by atoms with Gasteiger partial charge in [0, 0.05) is 17.6 Å². The van der Waals surface area contributed by atoms with Crippen molar-refractivity contribution in [1.82, 2.24) is 10.3 Å². The normalized spacial score (nSPS) is 12.1. The van der Waals surface area contributed by atoms with Gasteiger partial charge in [0.15, 0.2) is 0 Å². The van der Waals surface area contributed by atoms with Gasteiger partial charge in [-0.2, -0.15) is 0 Å². The van der Waals surface area contributed by atoms with Gasteiger partial charge >= 0.3 is 12.2 Å². The van der Waals surface area contributed by atoms with Crippen molar-refractivity contribution < 1.29 is 23.9 Å². The van der Waals surface area contributed by atoms with Crippen molar-refractivity contribution in [3.8, 4) is 0 Å². The summed E-state index contributed by atoms with van der Waals surface area (Å²) in [5, 5.41) is 7.96. The van der Waals surface area contributed by atoms with E-state index in [0.29, 0.717) is 11.4 Å². The average molecular weight is 449 g/mol. The molecule has 0 saturated heterocycles. The number of alkyl carbamates (subject to hydrolysis) is 1. The van der Waals surface area contributed by atoms with Crippen molar-refractivity contribution in [2.75, 3.05) is 10.6 Å². The smallest absolute Gasteiger partial charge is 0.411 e. The quantitative estimate of drug-likeness (QED) is 0.578. The first kappa shape index (κ1) is 24.1. The molecular weight excluding hydrogens is 420 g/mol. The summed E-state index contributed by atoms with van der Waals surface area (Å²) in [7, 11) is 0. The molecule has 0 saturated carbocycles. The van der Waals surface area contributed by atoms with E-state index in [1.165, 1.54) is 11.3 Å². The molecule has 10 heteroatoms. The Bertz CT molecular complexity index is 893. The van der Waals surface area contributed by atoms with Crippen molar-refractivity contribution in [3.63, 3.8) is 0 Å². The molecule has 168 valence electrons. The molecule has 0 unspecified atom stereocenters. The van der Waals surface area contributed by atoms with E-state index in [4.69, 9.17) is 9.47 Å². The van der Waals surface area contributed by atoms with Crippen LogP contribution in [0.15, 0.2) is 36.0 Å². The minimum atomic E-state index is -0.796. The maximum absolute atomic E-state index is 12.7. The lowest BCUT2D eigenvalue weighted by atomic mass is 10.0. The lowest BCUT2D eigenvalue weighted by molar-refractivity contribution is -0.119. The Hall–Kier alpha value is -3.14. The van der Waals surface area contributed by atoms with Crippen LogP contribution in [-0.2, 0) is 20.9 Å². The van der Waals surface area contributed by atoms with Crippen LogP contribution in [0.4, 0.5) is 21.0 Å². The van der Waals surface area contributed by atoms with Crippen molar-refractivity contribution in [2.45, 2.75) is 52.9 Å². The van der Waals surface area contributed by atoms with Crippen LogP contribution < -0.4 is 16.0 Å². The number of thiazole rings is 1. The van der Waals surface area contributed by atoms with Crippen LogP contribution >= 0.6 is 11.3 Å². The van der Waals surface area contributed by atoms with E-state index in [0.717, 1.165) is 4.88 Å². The highest BCUT2D eigenvalue weighted by Crippen LogP contribution is 2.17. The van der Waals surface area contributed by atoms with E-state index in [2.05, 4.69) is 20.9 Å². The van der Waals surface area contributed by atoms with Crippen LogP contribution in [0.2, 0.25) is 0 Å². The molecule has 3 N–H and O–H groups in total. The maximum atomic E-state index is 12.7. The summed E-state index contributed by atoms with van der Waals surface area (Å²) >= 11 is 1.39. The van der Waals surface area contributed by atoms with E-state index in [9.17, 15) is 14.4 Å². The zero-order valence-corrected chi connectivity index (χ0v) is 19.0. The van der Waals surface area contributed by atoms with Gasteiger partial charge in [-0.15, -0.1) is 11.3 Å². The monoisotopic (exact) mass is 448 g/mol. The zero-order valence-electron chi connectivity index (χ0n) is 18.2. The highest BCUT2D eigenvalue weighted by molar-refractivity contribution is 7.09. The van der Waals surface area contributed by atoms with Gasteiger partial charge in [-0.05, 0) is 44.9 Å². The number of nitrogens with one attached hydrogen (secondary N) is 3. The van der Waals surface area contributed by atoms with Crippen LogP contribution in [0.1, 0.15) is 39.5 Å². The predicted molar refractivity (Wildman–Crippen MR) is 119 cm³/mol. The van der Waals surface area contributed by atoms with E-state index in [-0.39, 0.29) is 12.5 Å². The van der Waals surface area contributed by atoms with Crippen molar-refractivity contribution >= 4 is 40.8 Å². The van der Waals surface area contributed by atoms with Gasteiger partial charge in [0.25, 0.3) is 0 Å². The summed E-state index contributed by atoms with van der Waals surface area (Å²) in [6.07, 6.45) is 0.342. The minimum Gasteiger partial charge on any atom is -0.444 e. The summed E-state index contributed by atoms with van der Waals surface area (Å²) in [6, 6.07) is 5.83. The molecule has 2 aromatic rings. The van der Waals surface area contributed by atoms with Crippen LogP contribution in [0, 0.1) is 5.92 Å². The first-order valence-corrected chi connectivity index (χ1v) is 10.6. The molecule has 0 aliphatic rings. The molecule has 31 heavy (non-hydrogen) atoms. The van der Waals surface area contributed by atoms with Crippen molar-refractivity contribution in [1.29, 1.82) is 0 Å². The third kappa shape index (κ3) is 8.63. The van der Waals surface area contributed by atoms with E-state index in [1.807, 2.05) is 13.8 Å². The molecular formula is C21H28N4O5S. The van der Waals surface area contributed by atoms with Crippen LogP contribution in [0.25, 0.3) is 0 Å². The summed E-state index contributed by atoms with van der Waals surface area (Å²) in [5.41, 5.74) is 1.90. The summed E-state index contributed by atoms with van der Waals surface area (Å²) < 4.78 is 10.4. The van der Waals surface area contributed by atoms with E-state index in [1.54, 1.807) is 56.7 Å². The van der Waals surface area contributed by atoms with E-state index < -0.39 is 29.7 Å². The van der Waals surface area contributed by atoms with Crippen LogP contribution in [-0.4, -0.2) is 34.7 Å². The number of carbonyl (C=O) groups is 3. The van der Waals surface area contributed by atoms with Gasteiger partial charge in [-0.3, -0.25) is 15.1 Å². The van der Waals surface area contributed by atoms with Gasteiger partial charge < -0.3 is 20.1 Å². The number of nitrogens with zero attached hydrogens (tertiary/aromatic N) is 1. The molecule has 2 rings (SSSR count). The summed E-state index contributed by atoms with van der Waals surface area (Å²) in [4.78, 5) is 41.5. The standard InChI is InChI=1S/C21H28N4O5S/c1-13(2)17(25-20(28)30-21(3,4)5)18(26)23-14-7-6-8-15(9-14)24-19(27)29-11-16-10-22-12-31-16/h6-10,12-13,17H,11H2,1-5H3,(H,23,26)(H,24,27)(H,25,28)/t17-/m0/s1. The largest absolute Gasteiger partial charge is 0.444 e. The Morgan fingerprint density at radius 2 is 1.77 bits per heavy atom. The summed E-state index contributed by atoms with van der Waals surface area (Å²) in [5.74, 6) is -0.568. The lowest BCUT2D eigenvalue weighted by Crippen LogP contribution is -2.48. The molecule has 1 aromatic heterocycles. The molecule has 0 spiro atoms. The Morgan fingerprint density at radius 3 is 2.35 bits per heavy atom. The number of rotatable bonds is 7. The molecule has 9 nitrogen and oxygen atoms in total. The Kier molecular flexibility index (Phi) is 8.38. The fraction of sp³-hybridized carbons (Fsp3) is 0.429. The van der Waals surface area contributed by atoms with Crippen LogP contribution in [0.5, 0.6) is 0 Å². The number of amides is 3. The number of benzene rings is 1. The number of carbonyl (C=O) groups excluding carboxylic acids is 3. The lowest BCUT2D eigenvalue weighted by Gasteiger charge is -2.25. The number of hydrogen-bond acceptors (Lipinski definition) is 7. The number of anilines is 2. The Morgan fingerprint density at radius 1 is 1.10 bits per heavy atom. The average Bonchev–Trinajstić information content (AvgIpc) is 3.16. The number of aromatic nitrogens is 1. The second kappa shape index (κ2) is 10.8. The molecule has 3 amide bonds. The van der Waals surface area contributed by atoms with Crippen molar-refractivity contribution in [2.24, 2.45) is 5.92 Å². The van der Waals surface area contributed by atoms with Crippen LogP contribution in [0.3, 0.4) is 0 Å². The second-order valence-electron chi connectivity index (χ2n) is 8.11. The van der Waals surface area contributed by atoms with Gasteiger partial charge in [0.05, 0.1) is 10.4 Å². The second-order valence-corrected chi connectivity index (χ2v) is 9.08. The fourth-order valence-corrected chi connectivity index (χ4v) is 2.97. The topological polar surface area (TPSA) is 119 Å².